The molecule has 202 valence electrons. The Kier molecular flexibility index (Phi) is 7.88. The number of carboxylic acids is 1. The van der Waals surface area contributed by atoms with Gasteiger partial charge >= 0.3 is 5.97 Å². The highest BCUT2D eigenvalue weighted by Gasteiger charge is 2.56. The number of likely N-dealkylation sites (tertiary alicyclic amines) is 1. The van der Waals surface area contributed by atoms with Crippen LogP contribution >= 0.6 is 11.6 Å². The monoisotopic (exact) mass is 531 g/mol. The van der Waals surface area contributed by atoms with Gasteiger partial charge in [0.25, 0.3) is 0 Å². The van der Waals surface area contributed by atoms with Gasteiger partial charge in [-0.3, -0.25) is 14.4 Å². The highest BCUT2D eigenvalue weighted by atomic mass is 35.5. The molecule has 2 N–H and O–H groups in total. The van der Waals surface area contributed by atoms with Gasteiger partial charge in [-0.2, -0.15) is 0 Å². The number of carbonyl (C=O) groups is 4. The van der Waals surface area contributed by atoms with Gasteiger partial charge in [-0.15, -0.1) is 0 Å². The Hall–Kier alpha value is -2.61. The van der Waals surface area contributed by atoms with Crippen molar-refractivity contribution in [2.45, 2.75) is 84.2 Å². The van der Waals surface area contributed by atoms with Crippen molar-refractivity contribution in [1.29, 1.82) is 0 Å². The van der Waals surface area contributed by atoms with Crippen LogP contribution in [0.15, 0.2) is 24.3 Å². The van der Waals surface area contributed by atoms with E-state index in [1.54, 1.807) is 29.2 Å². The average Bonchev–Trinajstić information content (AvgIpc) is 3.36. The van der Waals surface area contributed by atoms with Crippen LogP contribution < -0.4 is 10.2 Å². The minimum Gasteiger partial charge on any atom is -0.480 e. The van der Waals surface area contributed by atoms with Crippen molar-refractivity contribution in [3.05, 3.63) is 29.3 Å². The first-order valence-corrected chi connectivity index (χ1v) is 13.6. The van der Waals surface area contributed by atoms with Crippen LogP contribution in [0.5, 0.6) is 0 Å². The molecule has 1 saturated carbocycles. The number of amides is 3. The van der Waals surface area contributed by atoms with Crippen LogP contribution in [-0.2, 0) is 19.2 Å². The maximum atomic E-state index is 13.9. The number of aliphatic carboxylic acids is 1. The third-order valence-electron chi connectivity index (χ3n) is 8.13. The predicted octanol–water partition coefficient (Wildman–Crippen LogP) is 4.25. The molecule has 1 unspecified atom stereocenters. The van der Waals surface area contributed by atoms with E-state index in [0.29, 0.717) is 29.6 Å². The molecule has 1 aromatic carbocycles. The van der Waals surface area contributed by atoms with Crippen LogP contribution in [0.2, 0.25) is 5.02 Å². The van der Waals surface area contributed by atoms with Crippen molar-refractivity contribution in [1.82, 2.24) is 10.2 Å². The van der Waals surface area contributed by atoms with Gasteiger partial charge in [0.2, 0.25) is 17.7 Å². The standard InChI is InChI=1S/C28H38ClN3O5/c1-27(2,3)24(30-22(33)12-18-8-5-4-6-9-18)25(35)32-17-28(14-21(32)26(36)37)15-23(34)31(16-28)20-11-7-10-19(29)13-20/h7,10-11,13,18,21,24H,4-6,8-9,12,14-17H2,1-3H3,(H,30,33)(H,36,37)/t21-,24?,28+/m0/s1. The molecule has 2 aliphatic heterocycles. The number of carboxylic acid groups (broad SMARTS) is 1. The van der Waals surface area contributed by atoms with E-state index >= 15 is 0 Å². The summed E-state index contributed by atoms with van der Waals surface area (Å²) in [6, 6.07) is 5.09. The fourth-order valence-corrected chi connectivity index (χ4v) is 6.40. The molecule has 2 heterocycles. The van der Waals surface area contributed by atoms with E-state index in [4.69, 9.17) is 11.6 Å². The molecule has 1 aromatic rings. The van der Waals surface area contributed by atoms with Crippen LogP contribution in [0.3, 0.4) is 0 Å². The molecule has 1 aliphatic carbocycles. The summed E-state index contributed by atoms with van der Waals surface area (Å²) < 4.78 is 0. The third kappa shape index (κ3) is 6.11. The summed E-state index contributed by atoms with van der Waals surface area (Å²) in [7, 11) is 0. The molecule has 0 bridgehead atoms. The zero-order valence-electron chi connectivity index (χ0n) is 22.0. The summed E-state index contributed by atoms with van der Waals surface area (Å²) in [5, 5.41) is 13.5. The lowest BCUT2D eigenvalue weighted by atomic mass is 9.84. The molecule has 3 fully saturated rings. The third-order valence-corrected chi connectivity index (χ3v) is 8.37. The largest absolute Gasteiger partial charge is 0.480 e. The number of nitrogens with one attached hydrogen (secondary N) is 1. The van der Waals surface area contributed by atoms with E-state index in [2.05, 4.69) is 5.32 Å². The smallest absolute Gasteiger partial charge is 0.326 e. The minimum atomic E-state index is -1.10. The fraction of sp³-hybridized carbons (Fsp3) is 0.643. The number of carbonyl (C=O) groups excluding carboxylic acids is 3. The lowest BCUT2D eigenvalue weighted by molar-refractivity contribution is -0.150. The summed E-state index contributed by atoms with van der Waals surface area (Å²) in [4.78, 5) is 55.2. The van der Waals surface area contributed by atoms with Gasteiger partial charge < -0.3 is 20.2 Å². The molecule has 9 heteroatoms. The molecule has 0 aromatic heterocycles. The topological polar surface area (TPSA) is 107 Å². The maximum Gasteiger partial charge on any atom is 0.326 e. The summed E-state index contributed by atoms with van der Waals surface area (Å²) in [5.41, 5.74) is -0.628. The second-order valence-electron chi connectivity index (χ2n) is 12.2. The number of rotatable bonds is 6. The van der Waals surface area contributed by atoms with E-state index in [1.165, 1.54) is 11.3 Å². The zero-order valence-corrected chi connectivity index (χ0v) is 22.7. The van der Waals surface area contributed by atoms with Crippen molar-refractivity contribution >= 4 is 41.0 Å². The van der Waals surface area contributed by atoms with Crippen molar-refractivity contribution in [3.63, 3.8) is 0 Å². The van der Waals surface area contributed by atoms with Crippen molar-refractivity contribution in [2.24, 2.45) is 16.7 Å². The normalized spacial score (nSPS) is 25.5. The van der Waals surface area contributed by atoms with E-state index in [-0.39, 0.29) is 31.2 Å². The number of nitrogens with zero attached hydrogens (tertiary/aromatic N) is 2. The summed E-state index contributed by atoms with van der Waals surface area (Å²) in [5.74, 6) is -1.45. The summed E-state index contributed by atoms with van der Waals surface area (Å²) in [6.07, 6.45) is 6.22. The van der Waals surface area contributed by atoms with Gasteiger partial charge in [-0.05, 0) is 48.8 Å². The highest BCUT2D eigenvalue weighted by Crippen LogP contribution is 2.45. The number of benzene rings is 1. The Morgan fingerprint density at radius 3 is 2.49 bits per heavy atom. The Morgan fingerprint density at radius 2 is 1.86 bits per heavy atom. The van der Waals surface area contributed by atoms with E-state index in [9.17, 15) is 24.3 Å². The predicted molar refractivity (Wildman–Crippen MR) is 141 cm³/mol. The Bertz CT molecular complexity index is 1060. The lowest BCUT2D eigenvalue weighted by Gasteiger charge is -2.35. The first-order valence-electron chi connectivity index (χ1n) is 13.3. The van der Waals surface area contributed by atoms with E-state index < -0.39 is 34.8 Å². The maximum absolute atomic E-state index is 13.9. The van der Waals surface area contributed by atoms with Gasteiger partial charge in [0.05, 0.1) is 0 Å². The molecule has 3 atom stereocenters. The Balaban J connectivity index is 1.52. The van der Waals surface area contributed by atoms with Crippen LogP contribution in [0.4, 0.5) is 5.69 Å². The molecule has 0 radical (unpaired) electrons. The van der Waals surface area contributed by atoms with Gasteiger partial charge in [0.15, 0.2) is 0 Å². The molecule has 37 heavy (non-hydrogen) atoms. The van der Waals surface area contributed by atoms with Crippen molar-refractivity contribution in [2.75, 3.05) is 18.0 Å². The van der Waals surface area contributed by atoms with Crippen molar-refractivity contribution in [3.8, 4) is 0 Å². The lowest BCUT2D eigenvalue weighted by Crippen LogP contribution is -2.57. The molecule has 1 spiro atoms. The molecular weight excluding hydrogens is 494 g/mol. The van der Waals surface area contributed by atoms with Crippen LogP contribution in [0.1, 0.15) is 72.1 Å². The molecule has 2 saturated heterocycles. The summed E-state index contributed by atoms with van der Waals surface area (Å²) >= 11 is 6.13. The van der Waals surface area contributed by atoms with E-state index in [0.717, 1.165) is 25.7 Å². The quantitative estimate of drug-likeness (QED) is 0.570. The first kappa shape index (κ1) is 27.4. The second kappa shape index (κ2) is 10.6. The molecule has 8 nitrogen and oxygen atoms in total. The average molecular weight is 532 g/mol. The molecular formula is C28H38ClN3O5. The van der Waals surface area contributed by atoms with Gasteiger partial charge in [0, 0.05) is 42.1 Å². The van der Waals surface area contributed by atoms with Crippen LogP contribution in [0.25, 0.3) is 0 Å². The van der Waals surface area contributed by atoms with Crippen molar-refractivity contribution < 1.29 is 24.3 Å². The van der Waals surface area contributed by atoms with Gasteiger partial charge in [0.1, 0.15) is 12.1 Å². The zero-order chi connectivity index (χ0) is 27.0. The summed E-state index contributed by atoms with van der Waals surface area (Å²) in [6.45, 7) is 6.08. The number of anilines is 1. The first-order chi connectivity index (χ1) is 17.4. The van der Waals surface area contributed by atoms with Gasteiger partial charge in [-0.1, -0.05) is 57.7 Å². The van der Waals surface area contributed by atoms with Gasteiger partial charge in [-0.25, -0.2) is 4.79 Å². The molecule has 3 amide bonds. The number of halogens is 1. The SMILES string of the molecule is CC(C)(C)C(NC(=O)CC1CCCCC1)C(=O)N1C[C@@]2(CC(=O)N(c3cccc(Cl)c3)C2)C[C@H]1C(=O)O. The fourth-order valence-electron chi connectivity index (χ4n) is 6.21. The molecule has 4 rings (SSSR count). The second-order valence-corrected chi connectivity index (χ2v) is 12.7. The number of hydrogen-bond donors (Lipinski definition) is 2. The van der Waals surface area contributed by atoms with Crippen LogP contribution in [0, 0.1) is 16.7 Å². The van der Waals surface area contributed by atoms with E-state index in [1.807, 2.05) is 20.8 Å². The van der Waals surface area contributed by atoms with Crippen LogP contribution in [-0.4, -0.2) is 58.9 Å². The molecule has 3 aliphatic rings. The minimum absolute atomic E-state index is 0.117. The highest BCUT2D eigenvalue weighted by molar-refractivity contribution is 6.31. The Morgan fingerprint density at radius 1 is 1.16 bits per heavy atom. The number of hydrogen-bond acceptors (Lipinski definition) is 4. The Labute approximate surface area is 223 Å².